The molecule has 0 spiro atoms. The molecule has 4 rings (SSSR count). The number of aryl methyl sites for hydroxylation is 1. The van der Waals surface area contributed by atoms with E-state index in [4.69, 9.17) is 0 Å². The number of nitrogens with one attached hydrogen (secondary N) is 1. The highest BCUT2D eigenvalue weighted by Gasteiger charge is 2.34. The second kappa shape index (κ2) is 7.69. The van der Waals surface area contributed by atoms with Crippen molar-refractivity contribution in [1.29, 1.82) is 0 Å². The number of fused-ring (bicyclic) bond motifs is 1. The van der Waals surface area contributed by atoms with Crippen molar-refractivity contribution in [2.24, 2.45) is 0 Å². The van der Waals surface area contributed by atoms with Crippen molar-refractivity contribution in [3.05, 3.63) is 101 Å². The third-order valence-electron chi connectivity index (χ3n) is 5.12. The lowest BCUT2D eigenvalue weighted by Gasteiger charge is -2.28. The lowest BCUT2D eigenvalue weighted by Crippen LogP contribution is -2.32. The lowest BCUT2D eigenvalue weighted by molar-refractivity contribution is -0.117. The second-order valence-electron chi connectivity index (χ2n) is 7.14. The van der Waals surface area contributed by atoms with Crippen LogP contribution in [0, 0.1) is 6.92 Å². The van der Waals surface area contributed by atoms with Crippen LogP contribution in [0.25, 0.3) is 0 Å². The van der Waals surface area contributed by atoms with Gasteiger partial charge in [-0.25, -0.2) is 0 Å². The maximum absolute atomic E-state index is 13.0. The summed E-state index contributed by atoms with van der Waals surface area (Å²) in [7, 11) is 0. The van der Waals surface area contributed by atoms with Crippen LogP contribution in [0.3, 0.4) is 0 Å². The number of carbonyl (C=O) groups excluding carboxylic acids is 2. The fourth-order valence-electron chi connectivity index (χ4n) is 3.63. The first-order valence-electron chi connectivity index (χ1n) is 9.42. The van der Waals surface area contributed by atoms with Gasteiger partial charge in [-0.2, -0.15) is 0 Å². The molecule has 3 aromatic rings. The summed E-state index contributed by atoms with van der Waals surface area (Å²) in [6.07, 6.45) is 0.206. The van der Waals surface area contributed by atoms with Gasteiger partial charge in [-0.3, -0.25) is 9.59 Å². The van der Waals surface area contributed by atoms with E-state index in [1.54, 1.807) is 4.90 Å². The first kappa shape index (κ1) is 18.0. The number of anilines is 1. The quantitative estimate of drug-likeness (QED) is 0.706. The number of carbonyl (C=O) groups is 2. The summed E-state index contributed by atoms with van der Waals surface area (Å²) in [5.74, 6) is -0.130. The van der Waals surface area contributed by atoms with E-state index in [-0.39, 0.29) is 24.3 Å². The number of hydrogen-bond donors (Lipinski definition) is 1. The average Bonchev–Trinajstić information content (AvgIpc) is 3.04. The third-order valence-corrected chi connectivity index (χ3v) is 5.12. The summed E-state index contributed by atoms with van der Waals surface area (Å²) in [6.45, 7) is 2.55. The van der Waals surface area contributed by atoms with Crippen molar-refractivity contribution in [3.63, 3.8) is 0 Å². The number of hydrogen-bond acceptors (Lipinski definition) is 2. The van der Waals surface area contributed by atoms with E-state index in [0.29, 0.717) is 6.54 Å². The Balaban J connectivity index is 1.61. The van der Waals surface area contributed by atoms with Crippen LogP contribution >= 0.6 is 0 Å². The Labute approximate surface area is 164 Å². The van der Waals surface area contributed by atoms with Crippen LogP contribution in [0.4, 0.5) is 5.69 Å². The lowest BCUT2D eigenvalue weighted by atomic mass is 10.00. The van der Waals surface area contributed by atoms with E-state index >= 15 is 0 Å². The Morgan fingerprint density at radius 2 is 1.64 bits per heavy atom. The van der Waals surface area contributed by atoms with Crippen molar-refractivity contribution >= 4 is 17.5 Å². The van der Waals surface area contributed by atoms with Crippen LogP contribution in [0.15, 0.2) is 78.9 Å². The van der Waals surface area contributed by atoms with E-state index in [2.05, 4.69) is 5.32 Å². The normalized spacial score (nSPS) is 13.9. The van der Waals surface area contributed by atoms with Crippen molar-refractivity contribution in [3.8, 4) is 0 Å². The maximum Gasteiger partial charge on any atom is 0.255 e. The van der Waals surface area contributed by atoms with Crippen molar-refractivity contribution in [2.75, 3.05) is 5.32 Å². The fourth-order valence-corrected chi connectivity index (χ4v) is 3.63. The van der Waals surface area contributed by atoms with Gasteiger partial charge in [-0.15, -0.1) is 0 Å². The molecular weight excluding hydrogens is 348 g/mol. The predicted octanol–water partition coefficient (Wildman–Crippen LogP) is 4.72. The van der Waals surface area contributed by atoms with E-state index < -0.39 is 0 Å². The number of benzene rings is 3. The zero-order valence-corrected chi connectivity index (χ0v) is 15.8. The molecule has 28 heavy (non-hydrogen) atoms. The number of amides is 2. The van der Waals surface area contributed by atoms with Crippen molar-refractivity contribution < 1.29 is 9.59 Å². The van der Waals surface area contributed by atoms with Gasteiger partial charge in [-0.1, -0.05) is 66.2 Å². The van der Waals surface area contributed by atoms with E-state index in [0.717, 1.165) is 27.9 Å². The summed E-state index contributed by atoms with van der Waals surface area (Å²) < 4.78 is 0. The number of rotatable bonds is 5. The van der Waals surface area contributed by atoms with Crippen LogP contribution < -0.4 is 5.32 Å². The Kier molecular flexibility index (Phi) is 4.94. The summed E-state index contributed by atoms with van der Waals surface area (Å²) in [6, 6.07) is 24.8. The Hall–Kier alpha value is -3.40. The third kappa shape index (κ3) is 3.67. The minimum atomic E-state index is -0.316. The molecule has 0 fully saturated rings. The summed E-state index contributed by atoms with van der Waals surface area (Å²) >= 11 is 0. The minimum absolute atomic E-state index is 0.0197. The molecular formula is C24H22N2O2. The molecule has 4 nitrogen and oxygen atoms in total. The molecule has 2 amide bonds. The SMILES string of the molecule is Cc1ccc([C@@H](CC(=O)Nc2ccccc2)N2Cc3ccccc3C2=O)cc1. The van der Waals surface area contributed by atoms with Crippen molar-refractivity contribution in [1.82, 2.24) is 4.90 Å². The van der Waals surface area contributed by atoms with E-state index in [1.807, 2.05) is 85.8 Å². The molecule has 0 aromatic heterocycles. The van der Waals surface area contributed by atoms with Gasteiger partial charge >= 0.3 is 0 Å². The van der Waals surface area contributed by atoms with Gasteiger partial charge < -0.3 is 10.2 Å². The zero-order chi connectivity index (χ0) is 19.5. The summed E-state index contributed by atoms with van der Waals surface area (Å²) in [5, 5.41) is 2.94. The first-order chi connectivity index (χ1) is 13.6. The highest BCUT2D eigenvalue weighted by molar-refractivity contribution is 5.99. The molecule has 1 N–H and O–H groups in total. The topological polar surface area (TPSA) is 49.4 Å². The molecule has 0 unspecified atom stereocenters. The first-order valence-corrected chi connectivity index (χ1v) is 9.42. The van der Waals surface area contributed by atoms with Gasteiger partial charge in [0.2, 0.25) is 5.91 Å². The molecule has 0 aliphatic carbocycles. The monoisotopic (exact) mass is 370 g/mol. The molecule has 0 saturated heterocycles. The highest BCUT2D eigenvalue weighted by atomic mass is 16.2. The van der Waals surface area contributed by atoms with Gasteiger partial charge in [0.05, 0.1) is 12.5 Å². The Bertz CT molecular complexity index is 997. The smallest absolute Gasteiger partial charge is 0.255 e. The largest absolute Gasteiger partial charge is 0.327 e. The van der Waals surface area contributed by atoms with Crippen LogP contribution in [0.5, 0.6) is 0 Å². The molecule has 0 saturated carbocycles. The van der Waals surface area contributed by atoms with Gasteiger partial charge in [0.15, 0.2) is 0 Å². The van der Waals surface area contributed by atoms with Gasteiger partial charge in [0.25, 0.3) is 5.91 Å². The highest BCUT2D eigenvalue weighted by Crippen LogP contribution is 2.33. The van der Waals surface area contributed by atoms with Crippen LogP contribution in [-0.4, -0.2) is 16.7 Å². The standard InChI is InChI=1S/C24H22N2O2/c1-17-11-13-18(14-12-17)22(15-23(27)25-20-8-3-2-4-9-20)26-16-19-7-5-6-10-21(19)24(26)28/h2-14,22H,15-16H2,1H3,(H,25,27)/t22-/m1/s1. The molecule has 3 aromatic carbocycles. The number of para-hydroxylation sites is 1. The van der Waals surface area contributed by atoms with Gasteiger partial charge in [0.1, 0.15) is 0 Å². The van der Waals surface area contributed by atoms with Crippen LogP contribution in [0.1, 0.15) is 39.5 Å². The molecule has 140 valence electrons. The Morgan fingerprint density at radius 3 is 2.36 bits per heavy atom. The van der Waals surface area contributed by atoms with E-state index in [9.17, 15) is 9.59 Å². The second-order valence-corrected chi connectivity index (χ2v) is 7.14. The van der Waals surface area contributed by atoms with Crippen molar-refractivity contribution in [2.45, 2.75) is 25.9 Å². The molecule has 1 aliphatic heterocycles. The molecule has 1 aliphatic rings. The maximum atomic E-state index is 13.0. The Morgan fingerprint density at radius 1 is 0.964 bits per heavy atom. The summed E-state index contributed by atoms with van der Waals surface area (Å²) in [4.78, 5) is 27.6. The predicted molar refractivity (Wildman–Crippen MR) is 110 cm³/mol. The molecule has 0 radical (unpaired) electrons. The van der Waals surface area contributed by atoms with Gasteiger partial charge in [-0.05, 0) is 36.2 Å². The molecule has 0 bridgehead atoms. The molecule has 1 atom stereocenters. The van der Waals surface area contributed by atoms with Crippen LogP contribution in [-0.2, 0) is 11.3 Å². The van der Waals surface area contributed by atoms with Crippen LogP contribution in [0.2, 0.25) is 0 Å². The summed E-state index contributed by atoms with van der Waals surface area (Å²) in [5.41, 5.74) is 4.60. The zero-order valence-electron chi connectivity index (χ0n) is 15.8. The van der Waals surface area contributed by atoms with Gasteiger partial charge in [0, 0.05) is 17.8 Å². The average molecular weight is 370 g/mol. The minimum Gasteiger partial charge on any atom is -0.327 e. The molecule has 4 heteroatoms. The van der Waals surface area contributed by atoms with E-state index in [1.165, 1.54) is 0 Å². The number of nitrogens with zero attached hydrogens (tertiary/aromatic N) is 1. The molecule has 1 heterocycles. The fraction of sp³-hybridized carbons (Fsp3) is 0.167.